The van der Waals surface area contributed by atoms with Gasteiger partial charge in [0, 0.05) is 6.08 Å². The van der Waals surface area contributed by atoms with Gasteiger partial charge in [0.2, 0.25) is 0 Å². The van der Waals surface area contributed by atoms with E-state index in [0.717, 1.165) is 11.0 Å². The third kappa shape index (κ3) is 15.9. The quantitative estimate of drug-likeness (QED) is 0.152. The predicted molar refractivity (Wildman–Crippen MR) is 109 cm³/mol. The molecule has 156 valence electrons. The lowest BCUT2D eigenvalue weighted by Gasteiger charge is -2.36. The lowest BCUT2D eigenvalue weighted by atomic mass is 10.0. The topological polar surface area (TPSA) is 26.3 Å². The van der Waals surface area contributed by atoms with E-state index in [1.807, 2.05) is 0 Å². The number of carbonyl (C=O) groups is 1. The van der Waals surface area contributed by atoms with Crippen LogP contribution in [0.4, 0.5) is 0 Å². The Hall–Kier alpha value is -0.350. The average Bonchev–Trinajstić information content (AvgIpc) is 2.59. The number of quaternary nitrogens is 1. The van der Waals surface area contributed by atoms with E-state index in [-0.39, 0.29) is 23.0 Å². The van der Waals surface area contributed by atoms with E-state index >= 15 is 0 Å². The van der Waals surface area contributed by atoms with Crippen molar-refractivity contribution in [3.05, 3.63) is 12.7 Å². The molecule has 0 aliphatic carbocycles. The fraction of sp³-hybridized carbons (Fsp3) is 0.864. The summed E-state index contributed by atoms with van der Waals surface area (Å²) in [5.41, 5.74) is 0. The first-order chi connectivity index (χ1) is 11.9. The highest BCUT2D eigenvalue weighted by molar-refractivity contribution is 5.81. The Bertz CT molecular complexity index is 345. The van der Waals surface area contributed by atoms with Gasteiger partial charge in [-0.2, -0.15) is 0 Å². The third-order valence-electron chi connectivity index (χ3n) is 5.50. The maximum absolute atomic E-state index is 11.1. The number of esters is 1. The van der Waals surface area contributed by atoms with E-state index in [2.05, 4.69) is 34.5 Å². The van der Waals surface area contributed by atoms with Gasteiger partial charge in [0.1, 0.15) is 13.2 Å². The summed E-state index contributed by atoms with van der Waals surface area (Å²) in [6.07, 6.45) is 17.8. The maximum atomic E-state index is 11.1. The Morgan fingerprint density at radius 3 is 1.88 bits per heavy atom. The number of hydrogen-bond acceptors (Lipinski definition) is 2. The van der Waals surface area contributed by atoms with Crippen LogP contribution in [0.1, 0.15) is 90.9 Å². The minimum atomic E-state index is -0.321. The van der Waals surface area contributed by atoms with Crippen molar-refractivity contribution in [2.75, 3.05) is 27.2 Å². The summed E-state index contributed by atoms with van der Waals surface area (Å²) < 4.78 is 6.02. The van der Waals surface area contributed by atoms with Gasteiger partial charge in [-0.25, -0.2) is 4.79 Å². The van der Waals surface area contributed by atoms with Crippen LogP contribution in [-0.4, -0.2) is 43.7 Å². The van der Waals surface area contributed by atoms with Crippen molar-refractivity contribution in [1.29, 1.82) is 0 Å². The Kier molecular flexibility index (Phi) is 19.3. The molecule has 0 aromatic heterocycles. The second kappa shape index (κ2) is 18.0. The van der Waals surface area contributed by atoms with Crippen LogP contribution in [0, 0.1) is 0 Å². The first-order valence-corrected chi connectivity index (χ1v) is 10.6. The van der Waals surface area contributed by atoms with Crippen molar-refractivity contribution < 1.29 is 31.0 Å². The number of rotatable bonds is 17. The zero-order chi connectivity index (χ0) is 19.0. The molecular weight excluding hydrogens is 390 g/mol. The minimum absolute atomic E-state index is 0. The Morgan fingerprint density at radius 2 is 1.42 bits per heavy atom. The second-order valence-corrected chi connectivity index (χ2v) is 8.05. The normalized spacial score (nSPS) is 12.3. The number of hydrogen-bond donors (Lipinski definition) is 0. The highest BCUT2D eigenvalue weighted by Crippen LogP contribution is 2.16. The summed E-state index contributed by atoms with van der Waals surface area (Å²) in [6, 6.07) is 0.598. The van der Waals surface area contributed by atoms with Gasteiger partial charge in [0.25, 0.3) is 0 Å². The number of likely N-dealkylation sites (N-methyl/N-ethyl adjacent to an activating group) is 1. The molecule has 0 aliphatic rings. The molecule has 0 aromatic rings. The van der Waals surface area contributed by atoms with E-state index < -0.39 is 0 Å². The number of halogens is 1. The molecule has 3 nitrogen and oxygen atoms in total. The van der Waals surface area contributed by atoms with Crippen LogP contribution < -0.4 is 17.0 Å². The van der Waals surface area contributed by atoms with Crippen LogP contribution in [0.3, 0.4) is 0 Å². The summed E-state index contributed by atoms with van der Waals surface area (Å²) in [5, 5.41) is 0. The average molecular weight is 435 g/mol. The molecule has 1 unspecified atom stereocenters. The molecule has 0 radical (unpaired) electrons. The van der Waals surface area contributed by atoms with Gasteiger partial charge in [0.05, 0.1) is 20.1 Å². The van der Waals surface area contributed by atoms with Crippen molar-refractivity contribution in [3.8, 4) is 0 Å². The standard InChI is InChI=1S/C22H44NO2.BrH/c1-6-8-9-10-11-12-13-14-15-16-17-18-21(3)23(4,5)19-20-25-22(24)7-2;/h7,21H,2,6,8-20H2,1,3-5H3;1H/q+1;/p-1. The molecule has 0 rings (SSSR count). The number of carbonyl (C=O) groups excluding carboxylic acids is 1. The van der Waals surface area contributed by atoms with Gasteiger partial charge < -0.3 is 26.2 Å². The molecule has 26 heavy (non-hydrogen) atoms. The van der Waals surface area contributed by atoms with Crippen LogP contribution in [0.2, 0.25) is 0 Å². The molecule has 1 atom stereocenters. The first-order valence-electron chi connectivity index (χ1n) is 10.6. The van der Waals surface area contributed by atoms with E-state index in [9.17, 15) is 4.79 Å². The minimum Gasteiger partial charge on any atom is -1.00 e. The lowest BCUT2D eigenvalue weighted by Crippen LogP contribution is -3.00. The van der Waals surface area contributed by atoms with Crippen LogP contribution in [0.5, 0.6) is 0 Å². The molecule has 0 aliphatic heterocycles. The highest BCUT2D eigenvalue weighted by atomic mass is 79.9. The second-order valence-electron chi connectivity index (χ2n) is 8.05. The fourth-order valence-electron chi connectivity index (χ4n) is 3.11. The largest absolute Gasteiger partial charge is 1.00 e. The van der Waals surface area contributed by atoms with Gasteiger partial charge in [-0.1, -0.05) is 77.7 Å². The van der Waals surface area contributed by atoms with Crippen molar-refractivity contribution >= 4 is 5.97 Å². The Morgan fingerprint density at radius 1 is 0.962 bits per heavy atom. The van der Waals surface area contributed by atoms with Crippen LogP contribution in [0.25, 0.3) is 0 Å². The van der Waals surface area contributed by atoms with E-state index in [0.29, 0.717) is 12.6 Å². The monoisotopic (exact) mass is 433 g/mol. The summed E-state index contributed by atoms with van der Waals surface area (Å²) in [7, 11) is 4.45. The molecule has 0 N–H and O–H groups in total. The summed E-state index contributed by atoms with van der Waals surface area (Å²) in [6.45, 7) is 9.34. The van der Waals surface area contributed by atoms with Gasteiger partial charge >= 0.3 is 5.97 Å². The lowest BCUT2D eigenvalue weighted by molar-refractivity contribution is -0.913. The van der Waals surface area contributed by atoms with Crippen LogP contribution >= 0.6 is 0 Å². The zero-order valence-corrected chi connectivity index (χ0v) is 19.5. The van der Waals surface area contributed by atoms with E-state index in [4.69, 9.17) is 4.74 Å². The molecule has 0 spiro atoms. The summed E-state index contributed by atoms with van der Waals surface area (Å²) in [5.74, 6) is -0.321. The molecule has 0 aromatic carbocycles. The zero-order valence-electron chi connectivity index (χ0n) is 17.9. The predicted octanol–water partition coefficient (Wildman–Crippen LogP) is 2.89. The molecule has 0 amide bonds. The molecule has 0 saturated heterocycles. The van der Waals surface area contributed by atoms with Crippen molar-refractivity contribution in [1.82, 2.24) is 0 Å². The van der Waals surface area contributed by atoms with E-state index in [1.165, 1.54) is 83.1 Å². The fourth-order valence-corrected chi connectivity index (χ4v) is 3.11. The Labute approximate surface area is 173 Å². The van der Waals surface area contributed by atoms with Gasteiger partial charge in [-0.15, -0.1) is 0 Å². The SMILES string of the molecule is C=CC(=O)OCC[N+](C)(C)C(C)CCCCCCCCCCCCC.[Br-]. The van der Waals surface area contributed by atoms with Gasteiger partial charge in [-0.05, 0) is 19.8 Å². The molecule has 0 heterocycles. The first kappa shape index (κ1) is 27.9. The molecule has 0 fully saturated rings. The van der Waals surface area contributed by atoms with Crippen molar-refractivity contribution in [2.45, 2.75) is 96.9 Å². The summed E-state index contributed by atoms with van der Waals surface area (Å²) >= 11 is 0. The maximum Gasteiger partial charge on any atom is 0.330 e. The van der Waals surface area contributed by atoms with Crippen molar-refractivity contribution in [2.24, 2.45) is 0 Å². The number of unbranched alkanes of at least 4 members (excludes halogenated alkanes) is 10. The molecule has 4 heteroatoms. The number of ether oxygens (including phenoxy) is 1. The van der Waals surface area contributed by atoms with Gasteiger partial charge in [0.15, 0.2) is 0 Å². The van der Waals surface area contributed by atoms with Crippen LogP contribution in [-0.2, 0) is 9.53 Å². The number of nitrogens with zero attached hydrogens (tertiary/aromatic N) is 1. The highest BCUT2D eigenvalue weighted by Gasteiger charge is 2.23. The van der Waals surface area contributed by atoms with Crippen LogP contribution in [0.15, 0.2) is 12.7 Å². The third-order valence-corrected chi connectivity index (χ3v) is 5.50. The smallest absolute Gasteiger partial charge is 0.330 e. The van der Waals surface area contributed by atoms with Gasteiger partial charge in [-0.3, -0.25) is 0 Å². The van der Waals surface area contributed by atoms with Crippen molar-refractivity contribution in [3.63, 3.8) is 0 Å². The Balaban J connectivity index is 0. The van der Waals surface area contributed by atoms with E-state index in [1.54, 1.807) is 0 Å². The molecule has 0 bridgehead atoms. The molecular formula is C22H44BrNO2. The summed E-state index contributed by atoms with van der Waals surface area (Å²) in [4.78, 5) is 11.1. The molecule has 0 saturated carbocycles.